The van der Waals surface area contributed by atoms with Gasteiger partial charge in [0.1, 0.15) is 18.1 Å². The summed E-state index contributed by atoms with van der Waals surface area (Å²) in [7, 11) is 0. The Balaban J connectivity index is 1.70. The molecule has 2 aromatic heterocycles. The number of nitrogens with one attached hydrogen (secondary N) is 2. The predicted molar refractivity (Wildman–Crippen MR) is 116 cm³/mol. The van der Waals surface area contributed by atoms with E-state index in [9.17, 15) is 27.6 Å². The number of benzene rings is 1. The number of amides is 3. The number of hydrogen-bond acceptors (Lipinski definition) is 5. The van der Waals surface area contributed by atoms with Crippen LogP contribution >= 0.6 is 0 Å². The molecule has 0 saturated carbocycles. The van der Waals surface area contributed by atoms with Crippen molar-refractivity contribution in [2.45, 2.75) is 25.6 Å². The van der Waals surface area contributed by atoms with E-state index in [1.54, 1.807) is 30.3 Å². The summed E-state index contributed by atoms with van der Waals surface area (Å²) in [5.41, 5.74) is -1.08. The average molecular weight is 474 g/mol. The van der Waals surface area contributed by atoms with Gasteiger partial charge in [-0.3, -0.25) is 14.4 Å². The third-order valence-corrected chi connectivity index (χ3v) is 4.63. The van der Waals surface area contributed by atoms with Gasteiger partial charge < -0.3 is 20.0 Å². The van der Waals surface area contributed by atoms with Crippen LogP contribution in [0.4, 0.5) is 24.7 Å². The summed E-state index contributed by atoms with van der Waals surface area (Å²) >= 11 is 0. The van der Waals surface area contributed by atoms with Crippen molar-refractivity contribution in [1.29, 1.82) is 0 Å². The smallest absolute Gasteiger partial charge is 0.416 e. The first-order valence-corrected chi connectivity index (χ1v) is 10.2. The molecule has 34 heavy (non-hydrogen) atoms. The highest BCUT2D eigenvalue weighted by Crippen LogP contribution is 2.31. The van der Waals surface area contributed by atoms with Crippen LogP contribution in [0.2, 0.25) is 0 Å². The average Bonchev–Trinajstić information content (AvgIpc) is 3.34. The van der Waals surface area contributed by atoms with Gasteiger partial charge in [-0.25, -0.2) is 4.98 Å². The molecule has 3 amide bonds. The minimum absolute atomic E-state index is 0.0446. The molecule has 2 N–H and O–H groups in total. The van der Waals surface area contributed by atoms with Crippen molar-refractivity contribution in [3.63, 3.8) is 0 Å². The number of carbonyl (C=O) groups is 3. The fourth-order valence-corrected chi connectivity index (χ4v) is 2.97. The number of furan rings is 1. The minimum atomic E-state index is -4.63. The zero-order valence-electron chi connectivity index (χ0n) is 17.8. The van der Waals surface area contributed by atoms with Crippen molar-refractivity contribution < 1.29 is 32.0 Å². The van der Waals surface area contributed by atoms with Crippen LogP contribution in [0.5, 0.6) is 0 Å². The first-order chi connectivity index (χ1) is 16.2. The van der Waals surface area contributed by atoms with Crippen molar-refractivity contribution in [1.82, 2.24) is 10.3 Å². The molecule has 0 aliphatic rings. The van der Waals surface area contributed by atoms with Gasteiger partial charge in [0, 0.05) is 24.7 Å². The number of nitrogens with zero attached hydrogens (tertiary/aromatic N) is 2. The highest BCUT2D eigenvalue weighted by Gasteiger charge is 2.31. The lowest BCUT2D eigenvalue weighted by Gasteiger charge is -2.23. The van der Waals surface area contributed by atoms with E-state index in [1.807, 2.05) is 0 Å². The Morgan fingerprint density at radius 1 is 0.971 bits per heavy atom. The third kappa shape index (κ3) is 7.19. The van der Waals surface area contributed by atoms with Gasteiger partial charge in [-0.15, -0.1) is 0 Å². The standard InChI is InChI=1S/C23H21F3N4O4/c24-23(25,26)16-5-3-6-17(13-16)30(15-21(32)28-14-18-7-4-12-34-18)22(33)10-9-20(31)29-19-8-1-2-11-27-19/h1-8,11-13H,9-10,14-15H2,(H,28,32)(H,27,29,31). The van der Waals surface area contributed by atoms with Gasteiger partial charge in [0.05, 0.1) is 18.4 Å². The first-order valence-electron chi connectivity index (χ1n) is 10.2. The van der Waals surface area contributed by atoms with Gasteiger partial charge >= 0.3 is 6.18 Å². The Hall–Kier alpha value is -4.15. The number of pyridine rings is 1. The Labute approximate surface area is 192 Å². The SMILES string of the molecule is O=C(CN(C(=O)CCC(=O)Nc1ccccn1)c1cccc(C(F)(F)F)c1)NCc1ccco1. The van der Waals surface area contributed by atoms with Crippen LogP contribution in [0.3, 0.4) is 0 Å². The van der Waals surface area contributed by atoms with Crippen LogP contribution in [0.25, 0.3) is 0 Å². The molecular formula is C23H21F3N4O4. The first kappa shape index (κ1) is 24.5. The molecule has 0 unspecified atom stereocenters. The highest BCUT2D eigenvalue weighted by molar-refractivity contribution is 6.01. The highest BCUT2D eigenvalue weighted by atomic mass is 19.4. The summed E-state index contributed by atoms with van der Waals surface area (Å²) in [6.45, 7) is -0.494. The lowest BCUT2D eigenvalue weighted by molar-refractivity contribution is -0.137. The maximum atomic E-state index is 13.2. The number of halogens is 3. The van der Waals surface area contributed by atoms with Gasteiger partial charge in [-0.1, -0.05) is 12.1 Å². The summed E-state index contributed by atoms with van der Waals surface area (Å²) < 4.78 is 44.7. The molecule has 11 heteroatoms. The number of alkyl halides is 3. The van der Waals surface area contributed by atoms with E-state index in [2.05, 4.69) is 15.6 Å². The molecule has 8 nitrogen and oxygen atoms in total. The van der Waals surface area contributed by atoms with Gasteiger partial charge in [-0.05, 0) is 42.5 Å². The molecule has 0 aliphatic heterocycles. The lowest BCUT2D eigenvalue weighted by Crippen LogP contribution is -2.41. The summed E-state index contributed by atoms with van der Waals surface area (Å²) in [4.78, 5) is 42.3. The van der Waals surface area contributed by atoms with E-state index in [-0.39, 0.29) is 25.1 Å². The number of carbonyl (C=O) groups excluding carboxylic acids is 3. The molecule has 3 rings (SSSR count). The lowest BCUT2D eigenvalue weighted by atomic mass is 10.1. The molecule has 0 spiro atoms. The summed E-state index contributed by atoms with van der Waals surface area (Å²) in [6, 6.07) is 12.3. The van der Waals surface area contributed by atoms with Crippen LogP contribution in [0, 0.1) is 0 Å². The molecular weight excluding hydrogens is 453 g/mol. The van der Waals surface area contributed by atoms with Crippen LogP contribution in [0.15, 0.2) is 71.5 Å². The summed E-state index contributed by atoms with van der Waals surface area (Å²) in [6.07, 6.45) is -2.30. The Morgan fingerprint density at radius 3 is 2.47 bits per heavy atom. The maximum absolute atomic E-state index is 13.2. The Morgan fingerprint density at radius 2 is 1.79 bits per heavy atom. The van der Waals surface area contributed by atoms with E-state index in [1.165, 1.54) is 18.5 Å². The fraction of sp³-hybridized carbons (Fsp3) is 0.217. The molecule has 0 radical (unpaired) electrons. The van der Waals surface area contributed by atoms with Crippen LogP contribution < -0.4 is 15.5 Å². The molecule has 0 fully saturated rings. The van der Waals surface area contributed by atoms with Crippen molar-refractivity contribution in [3.05, 3.63) is 78.4 Å². The van der Waals surface area contributed by atoms with Gasteiger partial charge in [-0.2, -0.15) is 13.2 Å². The number of aromatic nitrogens is 1. The molecule has 0 saturated heterocycles. The molecule has 0 aliphatic carbocycles. The van der Waals surface area contributed by atoms with E-state index in [0.29, 0.717) is 11.6 Å². The normalized spacial score (nSPS) is 11.0. The van der Waals surface area contributed by atoms with Crippen molar-refractivity contribution in [2.24, 2.45) is 0 Å². The Bertz CT molecular complexity index is 1120. The van der Waals surface area contributed by atoms with Crippen molar-refractivity contribution >= 4 is 29.2 Å². The van der Waals surface area contributed by atoms with Crippen LogP contribution in [0.1, 0.15) is 24.2 Å². The number of hydrogen-bond donors (Lipinski definition) is 2. The summed E-state index contributed by atoms with van der Waals surface area (Å²) in [5.74, 6) is -1.04. The zero-order chi connectivity index (χ0) is 24.6. The van der Waals surface area contributed by atoms with E-state index in [4.69, 9.17) is 4.42 Å². The minimum Gasteiger partial charge on any atom is -0.467 e. The zero-order valence-corrected chi connectivity index (χ0v) is 17.8. The molecule has 0 atom stereocenters. The van der Waals surface area contributed by atoms with Gasteiger partial charge in [0.2, 0.25) is 17.7 Å². The van der Waals surface area contributed by atoms with E-state index < -0.39 is 36.0 Å². The van der Waals surface area contributed by atoms with Crippen molar-refractivity contribution in [2.75, 3.05) is 16.8 Å². The second-order valence-electron chi connectivity index (χ2n) is 7.15. The second kappa shape index (κ2) is 11.1. The topological polar surface area (TPSA) is 105 Å². The van der Waals surface area contributed by atoms with Crippen LogP contribution in [-0.4, -0.2) is 29.3 Å². The molecule has 178 valence electrons. The number of rotatable bonds is 9. The number of anilines is 2. The molecule has 2 heterocycles. The Kier molecular flexibility index (Phi) is 8.01. The van der Waals surface area contributed by atoms with Gasteiger partial charge in [0.25, 0.3) is 0 Å². The fourth-order valence-electron chi connectivity index (χ4n) is 2.97. The van der Waals surface area contributed by atoms with E-state index >= 15 is 0 Å². The molecule has 1 aromatic carbocycles. The summed E-state index contributed by atoms with van der Waals surface area (Å²) in [5, 5.41) is 5.07. The maximum Gasteiger partial charge on any atom is 0.416 e. The molecule has 3 aromatic rings. The largest absolute Gasteiger partial charge is 0.467 e. The molecule has 0 bridgehead atoms. The second-order valence-corrected chi connectivity index (χ2v) is 7.15. The quantitative estimate of drug-likeness (QED) is 0.492. The predicted octanol–water partition coefficient (Wildman–Crippen LogP) is 3.76. The van der Waals surface area contributed by atoms with Gasteiger partial charge in [0.15, 0.2) is 0 Å². The van der Waals surface area contributed by atoms with E-state index in [0.717, 1.165) is 23.1 Å². The third-order valence-electron chi connectivity index (χ3n) is 4.63. The monoisotopic (exact) mass is 474 g/mol. The van der Waals surface area contributed by atoms with Crippen molar-refractivity contribution in [3.8, 4) is 0 Å². The van der Waals surface area contributed by atoms with Crippen LogP contribution in [-0.2, 0) is 27.1 Å².